The van der Waals surface area contributed by atoms with Crippen LogP contribution in [0, 0.1) is 18.2 Å². The number of anilines is 4. The van der Waals surface area contributed by atoms with Gasteiger partial charge in [-0.25, -0.2) is 19.4 Å². The highest BCUT2D eigenvalue weighted by atomic mass is 19.1. The second kappa shape index (κ2) is 14.3. The Morgan fingerprint density at radius 3 is 2.87 bits per heavy atom. The van der Waals surface area contributed by atoms with Gasteiger partial charge in [-0.3, -0.25) is 9.90 Å². The molecule has 0 radical (unpaired) electrons. The monoisotopic (exact) mass is 622 g/mol. The van der Waals surface area contributed by atoms with Gasteiger partial charge in [0.15, 0.2) is 0 Å². The number of nitrogens with one attached hydrogen (secondary N) is 1. The normalized spacial score (nSPS) is 15.7. The van der Waals surface area contributed by atoms with Gasteiger partial charge in [0.1, 0.15) is 30.3 Å². The van der Waals surface area contributed by atoms with Gasteiger partial charge in [-0.2, -0.15) is 0 Å². The van der Waals surface area contributed by atoms with E-state index in [0.29, 0.717) is 31.0 Å². The summed E-state index contributed by atoms with van der Waals surface area (Å²) in [5.74, 6) is 2.95. The summed E-state index contributed by atoms with van der Waals surface area (Å²) < 4.78 is 13.6. The Bertz CT molecular complexity index is 1790. The molecule has 2 aliphatic heterocycles. The van der Waals surface area contributed by atoms with Crippen molar-refractivity contribution in [2.24, 2.45) is 10.3 Å². The van der Waals surface area contributed by atoms with Gasteiger partial charge < -0.3 is 20.4 Å². The lowest BCUT2D eigenvalue weighted by Gasteiger charge is -2.30. The van der Waals surface area contributed by atoms with Crippen LogP contribution in [0.15, 0.2) is 89.2 Å². The fourth-order valence-corrected chi connectivity index (χ4v) is 5.61. The van der Waals surface area contributed by atoms with Crippen molar-refractivity contribution in [1.82, 2.24) is 14.9 Å². The molecule has 1 atom stereocenters. The van der Waals surface area contributed by atoms with Crippen molar-refractivity contribution in [3.05, 3.63) is 95.8 Å². The average Bonchev–Trinajstić information content (AvgIpc) is 3.54. The van der Waals surface area contributed by atoms with Crippen LogP contribution in [0.3, 0.4) is 0 Å². The van der Waals surface area contributed by atoms with Crippen molar-refractivity contribution in [2.45, 2.75) is 31.9 Å². The van der Waals surface area contributed by atoms with E-state index in [1.54, 1.807) is 17.3 Å². The summed E-state index contributed by atoms with van der Waals surface area (Å²) in [6.07, 6.45) is 11.0. The number of hydroxylamine groups is 1. The lowest BCUT2D eigenvalue weighted by atomic mass is 10.0. The lowest BCUT2D eigenvalue weighted by Crippen LogP contribution is -2.36. The molecular weight excluding hydrogens is 587 g/mol. The zero-order chi connectivity index (χ0) is 31.9. The quantitative estimate of drug-likeness (QED) is 0.185. The Balaban J connectivity index is 1.18. The Morgan fingerprint density at radius 1 is 1.13 bits per heavy atom. The average molecular weight is 623 g/mol. The fourth-order valence-electron chi connectivity index (χ4n) is 5.61. The smallest absolute Gasteiger partial charge is 0.141 e. The maximum atomic E-state index is 13.6. The van der Waals surface area contributed by atoms with E-state index in [2.05, 4.69) is 37.6 Å². The molecule has 3 aromatic carbocycles. The molecule has 0 amide bonds. The third-order valence-electron chi connectivity index (χ3n) is 7.91. The largest absolute Gasteiger partial charge is 0.395 e. The Kier molecular flexibility index (Phi) is 9.64. The second-order valence-corrected chi connectivity index (χ2v) is 11.1. The Labute approximate surface area is 266 Å². The number of terminal acetylenes is 1. The summed E-state index contributed by atoms with van der Waals surface area (Å²) >= 11 is 0. The predicted octanol–water partition coefficient (Wildman–Crippen LogP) is 5.10. The number of hydrogen-bond donors (Lipinski definition) is 3. The van der Waals surface area contributed by atoms with Crippen LogP contribution in [0.1, 0.15) is 24.0 Å². The highest BCUT2D eigenvalue weighted by molar-refractivity contribution is 5.93. The number of nitrogens with zero attached hydrogens (tertiary/aromatic N) is 7. The minimum atomic E-state index is -0.320. The molecule has 4 aromatic rings. The third-order valence-corrected chi connectivity index (χ3v) is 7.91. The number of aliphatic hydroxyl groups is 2. The van der Waals surface area contributed by atoms with Crippen LogP contribution < -0.4 is 15.4 Å². The molecule has 236 valence electrons. The second-order valence-electron chi connectivity index (χ2n) is 11.1. The van der Waals surface area contributed by atoms with Gasteiger partial charge in [-0.1, -0.05) is 17.4 Å². The van der Waals surface area contributed by atoms with Gasteiger partial charge in [0.05, 0.1) is 42.7 Å². The molecule has 0 saturated carbocycles. The van der Waals surface area contributed by atoms with E-state index in [1.165, 1.54) is 18.5 Å². The van der Waals surface area contributed by atoms with Crippen molar-refractivity contribution in [3.8, 4) is 12.3 Å². The van der Waals surface area contributed by atoms with Gasteiger partial charge in [0.2, 0.25) is 0 Å². The first-order chi connectivity index (χ1) is 22.5. The van der Waals surface area contributed by atoms with E-state index in [4.69, 9.17) is 11.3 Å². The first kappa shape index (κ1) is 30.9. The molecule has 11 nitrogen and oxygen atoms in total. The van der Waals surface area contributed by atoms with Crippen LogP contribution in [0.2, 0.25) is 0 Å². The van der Waals surface area contributed by atoms with Crippen molar-refractivity contribution < 1.29 is 19.4 Å². The number of hydrogen-bond acceptors (Lipinski definition) is 11. The van der Waals surface area contributed by atoms with Crippen LogP contribution >= 0.6 is 0 Å². The van der Waals surface area contributed by atoms with Crippen LogP contribution in [-0.2, 0) is 17.9 Å². The van der Waals surface area contributed by atoms with E-state index >= 15 is 0 Å². The zero-order valence-corrected chi connectivity index (χ0v) is 25.3. The molecule has 3 heterocycles. The SMILES string of the molecule is C#CCC(CO)N(/C=C1\CN(c2ccc3ncnc(Nc4ccc5c(c4)CCCN5OCc4cccc(F)c4)c3c2)N=N1)CCO. The number of aryl methyl sites for hydroxylation is 1. The highest BCUT2D eigenvalue weighted by Crippen LogP contribution is 2.33. The topological polar surface area (TPSA) is 122 Å². The molecule has 0 saturated heterocycles. The molecule has 0 aliphatic carbocycles. The molecule has 0 fully saturated rings. The molecule has 2 aliphatic rings. The third kappa shape index (κ3) is 7.07. The van der Waals surface area contributed by atoms with Gasteiger partial charge in [-0.05, 0) is 72.5 Å². The molecule has 1 unspecified atom stereocenters. The fraction of sp³-hybridized carbons (Fsp3) is 0.294. The van der Waals surface area contributed by atoms with Crippen LogP contribution in [-0.4, -0.2) is 64.0 Å². The van der Waals surface area contributed by atoms with Crippen LogP contribution in [0.4, 0.5) is 27.3 Å². The minimum Gasteiger partial charge on any atom is -0.395 e. The number of rotatable bonds is 12. The van der Waals surface area contributed by atoms with E-state index in [9.17, 15) is 14.6 Å². The number of fused-ring (bicyclic) bond motifs is 2. The molecule has 3 N–H and O–H groups in total. The molecular formula is C34H35FN8O3. The summed E-state index contributed by atoms with van der Waals surface area (Å²) in [5, 5.41) is 35.9. The maximum absolute atomic E-state index is 13.6. The Hall–Kier alpha value is -5.09. The molecule has 1 aromatic heterocycles. The number of benzene rings is 3. The van der Waals surface area contributed by atoms with Gasteiger partial charge >= 0.3 is 0 Å². The first-order valence-electron chi connectivity index (χ1n) is 15.1. The van der Waals surface area contributed by atoms with Gasteiger partial charge in [-0.15, -0.1) is 17.5 Å². The van der Waals surface area contributed by atoms with E-state index in [0.717, 1.165) is 58.5 Å². The summed E-state index contributed by atoms with van der Waals surface area (Å²) in [6.45, 7) is 1.54. The molecule has 0 spiro atoms. The van der Waals surface area contributed by atoms with Crippen molar-refractivity contribution >= 4 is 33.8 Å². The zero-order valence-electron chi connectivity index (χ0n) is 25.3. The molecule has 6 rings (SSSR count). The summed E-state index contributed by atoms with van der Waals surface area (Å²) in [6, 6.07) is 18.1. The number of halogens is 1. The van der Waals surface area contributed by atoms with Gasteiger partial charge in [0.25, 0.3) is 0 Å². The summed E-state index contributed by atoms with van der Waals surface area (Å²) in [4.78, 5) is 16.9. The van der Waals surface area contributed by atoms with E-state index < -0.39 is 0 Å². The molecule has 46 heavy (non-hydrogen) atoms. The number of aliphatic hydroxyl groups excluding tert-OH is 2. The number of aromatic nitrogens is 2. The standard InChI is InChI=1S/C34H35FN8O3/c1-2-5-30(21-45)41(14-15-44)19-28-20-42(40-39-28)29-10-11-32-31(18-29)34(37-23-36-32)38-27-9-12-33-25(17-27)7-4-13-43(33)46-22-24-6-3-8-26(35)16-24/h1,3,6,8-12,16-19,23,30,44-45H,4-5,7,13-15,20-22H2,(H,36,37,38)/b28-19+. The van der Waals surface area contributed by atoms with Crippen molar-refractivity contribution in [2.75, 3.05) is 48.2 Å². The minimum absolute atomic E-state index is 0.0843. The van der Waals surface area contributed by atoms with Crippen LogP contribution in [0.5, 0.6) is 0 Å². The summed E-state index contributed by atoms with van der Waals surface area (Å²) in [5.41, 5.74) is 6.07. The van der Waals surface area contributed by atoms with Crippen LogP contribution in [0.25, 0.3) is 10.9 Å². The van der Waals surface area contributed by atoms with E-state index in [1.807, 2.05) is 46.4 Å². The predicted molar refractivity (Wildman–Crippen MR) is 175 cm³/mol. The molecule has 12 heteroatoms. The van der Waals surface area contributed by atoms with Crippen molar-refractivity contribution in [1.29, 1.82) is 0 Å². The first-order valence-corrected chi connectivity index (χ1v) is 15.1. The summed E-state index contributed by atoms with van der Waals surface area (Å²) in [7, 11) is 0. The lowest BCUT2D eigenvalue weighted by molar-refractivity contribution is 0.0906. The molecule has 0 bridgehead atoms. The van der Waals surface area contributed by atoms with Gasteiger partial charge in [0, 0.05) is 36.8 Å². The van der Waals surface area contributed by atoms with Crippen molar-refractivity contribution in [3.63, 3.8) is 0 Å². The maximum Gasteiger partial charge on any atom is 0.141 e. The Morgan fingerprint density at radius 2 is 2.04 bits per heavy atom. The highest BCUT2D eigenvalue weighted by Gasteiger charge is 2.21. The van der Waals surface area contributed by atoms with E-state index in [-0.39, 0.29) is 31.7 Å².